The molecule has 0 aliphatic rings. The second kappa shape index (κ2) is 3.08. The van der Waals surface area contributed by atoms with Crippen molar-refractivity contribution < 1.29 is 22.7 Å². The predicted octanol–water partition coefficient (Wildman–Crippen LogP) is 1.15. The number of alkyl halides is 3. The minimum Gasteiger partial charge on any atom is -0.464 e. The summed E-state index contributed by atoms with van der Waals surface area (Å²) in [6, 6.07) is 0. The number of rotatable bonds is 1. The van der Waals surface area contributed by atoms with Crippen LogP contribution in [0.5, 0.6) is 0 Å². The van der Waals surface area contributed by atoms with Gasteiger partial charge in [0.15, 0.2) is 5.69 Å². The molecular weight excluding hydrogens is 189 g/mol. The van der Waals surface area contributed by atoms with Crippen LogP contribution in [-0.2, 0) is 11.0 Å². The van der Waals surface area contributed by atoms with Gasteiger partial charge in [-0.05, 0) is 0 Å². The van der Waals surface area contributed by atoms with Crippen LogP contribution in [0.4, 0.5) is 13.2 Å². The highest BCUT2D eigenvalue weighted by Gasteiger charge is 2.34. The molecule has 0 aliphatic carbocycles. The van der Waals surface area contributed by atoms with Gasteiger partial charge in [0, 0.05) is 0 Å². The molecule has 0 amide bonds. The highest BCUT2D eigenvalue weighted by atomic mass is 19.4. The van der Waals surface area contributed by atoms with E-state index >= 15 is 0 Å². The van der Waals surface area contributed by atoms with Crippen molar-refractivity contribution in [3.63, 3.8) is 0 Å². The van der Waals surface area contributed by atoms with Gasteiger partial charge >= 0.3 is 12.3 Å². The standard InChI is InChI=1S/C6H5F3N2O2/c1-13-5(12)4-2-10-3-11(4)6(7,8)9/h2-3H,1H3. The third kappa shape index (κ3) is 1.79. The number of esters is 1. The first-order valence-corrected chi connectivity index (χ1v) is 3.14. The lowest BCUT2D eigenvalue weighted by Crippen LogP contribution is -2.21. The normalized spacial score (nSPS) is 11.4. The molecule has 0 atom stereocenters. The first-order valence-electron chi connectivity index (χ1n) is 3.14. The van der Waals surface area contributed by atoms with E-state index in [1.165, 1.54) is 0 Å². The number of methoxy groups -OCH3 is 1. The van der Waals surface area contributed by atoms with Gasteiger partial charge in [0.05, 0.1) is 13.3 Å². The molecule has 0 saturated heterocycles. The van der Waals surface area contributed by atoms with Crippen LogP contribution in [0, 0.1) is 0 Å². The summed E-state index contributed by atoms with van der Waals surface area (Å²) in [5.74, 6) is -1.07. The molecule has 0 aromatic carbocycles. The van der Waals surface area contributed by atoms with E-state index < -0.39 is 18.0 Å². The minimum atomic E-state index is -4.65. The van der Waals surface area contributed by atoms with Crippen molar-refractivity contribution in [1.82, 2.24) is 9.55 Å². The zero-order chi connectivity index (χ0) is 10.1. The van der Waals surface area contributed by atoms with Crippen molar-refractivity contribution in [3.8, 4) is 0 Å². The SMILES string of the molecule is COC(=O)c1cncn1C(F)(F)F. The molecular formula is C6H5F3N2O2. The number of aromatic nitrogens is 2. The van der Waals surface area contributed by atoms with Crippen molar-refractivity contribution in [2.24, 2.45) is 0 Å². The molecule has 1 aromatic rings. The Morgan fingerprint density at radius 3 is 2.69 bits per heavy atom. The lowest BCUT2D eigenvalue weighted by atomic mass is 10.5. The fourth-order valence-corrected chi connectivity index (χ4v) is 0.753. The first-order chi connectivity index (χ1) is 5.96. The van der Waals surface area contributed by atoms with Crippen LogP contribution in [-0.4, -0.2) is 22.6 Å². The van der Waals surface area contributed by atoms with Gasteiger partial charge in [-0.15, -0.1) is 13.2 Å². The molecule has 13 heavy (non-hydrogen) atoms. The van der Waals surface area contributed by atoms with Crippen LogP contribution in [0.2, 0.25) is 0 Å². The summed E-state index contributed by atoms with van der Waals surface area (Å²) in [4.78, 5) is 14.0. The van der Waals surface area contributed by atoms with Crippen molar-refractivity contribution in [2.75, 3.05) is 7.11 Å². The molecule has 7 heteroatoms. The van der Waals surface area contributed by atoms with Crippen LogP contribution in [0.15, 0.2) is 12.5 Å². The van der Waals surface area contributed by atoms with E-state index in [2.05, 4.69) is 9.72 Å². The lowest BCUT2D eigenvalue weighted by Gasteiger charge is -2.09. The van der Waals surface area contributed by atoms with Gasteiger partial charge in [0.25, 0.3) is 0 Å². The third-order valence-electron chi connectivity index (χ3n) is 1.31. The largest absolute Gasteiger partial charge is 0.490 e. The highest BCUT2D eigenvalue weighted by molar-refractivity contribution is 5.87. The minimum absolute atomic E-state index is 0.209. The van der Waals surface area contributed by atoms with E-state index in [-0.39, 0.29) is 4.57 Å². The summed E-state index contributed by atoms with van der Waals surface area (Å²) in [5, 5.41) is 0. The number of imidazole rings is 1. The highest BCUT2D eigenvalue weighted by Crippen LogP contribution is 2.23. The van der Waals surface area contributed by atoms with Crippen molar-refractivity contribution in [3.05, 3.63) is 18.2 Å². The van der Waals surface area contributed by atoms with E-state index in [0.29, 0.717) is 6.33 Å². The van der Waals surface area contributed by atoms with E-state index in [0.717, 1.165) is 13.3 Å². The van der Waals surface area contributed by atoms with Gasteiger partial charge in [-0.2, -0.15) is 0 Å². The summed E-state index contributed by atoms with van der Waals surface area (Å²) in [5.41, 5.74) is -0.644. The molecule has 4 nitrogen and oxygen atoms in total. The van der Waals surface area contributed by atoms with Gasteiger partial charge in [-0.3, -0.25) is 0 Å². The number of hydrogen-bond donors (Lipinski definition) is 0. The average Bonchev–Trinajstić information content (AvgIpc) is 2.49. The Hall–Kier alpha value is -1.53. The number of carbonyl (C=O) groups is 1. The van der Waals surface area contributed by atoms with E-state index in [9.17, 15) is 18.0 Å². The summed E-state index contributed by atoms with van der Waals surface area (Å²) in [7, 11) is 0.996. The zero-order valence-electron chi connectivity index (χ0n) is 6.50. The predicted molar refractivity (Wildman–Crippen MR) is 34.9 cm³/mol. The average molecular weight is 194 g/mol. The molecule has 0 N–H and O–H groups in total. The summed E-state index contributed by atoms with van der Waals surface area (Å²) in [6.07, 6.45) is -3.36. The van der Waals surface area contributed by atoms with Crippen LogP contribution in [0.3, 0.4) is 0 Å². The molecule has 0 unspecified atom stereocenters. The van der Waals surface area contributed by atoms with Gasteiger partial charge in [0.1, 0.15) is 6.33 Å². The van der Waals surface area contributed by atoms with Gasteiger partial charge in [-0.1, -0.05) is 0 Å². The molecule has 0 fully saturated rings. The quantitative estimate of drug-likeness (QED) is 0.630. The van der Waals surface area contributed by atoms with Crippen molar-refractivity contribution >= 4 is 5.97 Å². The van der Waals surface area contributed by atoms with Crippen molar-refractivity contribution in [1.29, 1.82) is 0 Å². The number of carbonyl (C=O) groups excluding carboxylic acids is 1. The number of hydrogen-bond acceptors (Lipinski definition) is 3. The van der Waals surface area contributed by atoms with E-state index in [1.54, 1.807) is 0 Å². The van der Waals surface area contributed by atoms with Crippen LogP contribution in [0.1, 0.15) is 10.5 Å². The van der Waals surface area contributed by atoms with E-state index in [4.69, 9.17) is 0 Å². The Morgan fingerprint density at radius 1 is 1.62 bits per heavy atom. The fourth-order valence-electron chi connectivity index (χ4n) is 0.753. The van der Waals surface area contributed by atoms with Crippen molar-refractivity contribution in [2.45, 2.75) is 6.30 Å². The molecule has 0 saturated carbocycles. The first kappa shape index (κ1) is 9.56. The maximum atomic E-state index is 12.1. The Balaban J connectivity index is 3.10. The zero-order valence-corrected chi connectivity index (χ0v) is 6.50. The van der Waals surface area contributed by atoms with Gasteiger partial charge < -0.3 is 4.74 Å². The maximum Gasteiger partial charge on any atom is 0.490 e. The summed E-state index contributed by atoms with van der Waals surface area (Å²) in [6.45, 7) is 0. The van der Waals surface area contributed by atoms with Crippen LogP contribution < -0.4 is 0 Å². The Labute approximate surface area is 70.9 Å². The molecule has 1 aromatic heterocycles. The number of nitrogens with zero attached hydrogens (tertiary/aromatic N) is 2. The Kier molecular flexibility index (Phi) is 2.26. The number of ether oxygens (including phenoxy) is 1. The second-order valence-corrected chi connectivity index (χ2v) is 2.11. The Bertz CT molecular complexity index is 318. The second-order valence-electron chi connectivity index (χ2n) is 2.11. The third-order valence-corrected chi connectivity index (χ3v) is 1.31. The maximum absolute atomic E-state index is 12.1. The summed E-state index contributed by atoms with van der Waals surface area (Å²) >= 11 is 0. The monoisotopic (exact) mass is 194 g/mol. The topological polar surface area (TPSA) is 44.1 Å². The molecule has 0 radical (unpaired) electrons. The van der Waals surface area contributed by atoms with Gasteiger partial charge in [-0.25, -0.2) is 14.3 Å². The van der Waals surface area contributed by atoms with Crippen LogP contribution >= 0.6 is 0 Å². The smallest absolute Gasteiger partial charge is 0.464 e. The molecule has 0 bridgehead atoms. The molecule has 1 heterocycles. The number of halogens is 3. The van der Waals surface area contributed by atoms with Crippen LogP contribution in [0.25, 0.3) is 0 Å². The van der Waals surface area contributed by atoms with E-state index in [1.807, 2.05) is 0 Å². The molecule has 0 aliphatic heterocycles. The van der Waals surface area contributed by atoms with Gasteiger partial charge in [0.2, 0.25) is 0 Å². The Morgan fingerprint density at radius 2 is 2.23 bits per heavy atom. The lowest BCUT2D eigenvalue weighted by molar-refractivity contribution is -0.204. The molecule has 0 spiro atoms. The molecule has 72 valence electrons. The molecule has 1 rings (SSSR count). The summed E-state index contributed by atoms with van der Waals surface area (Å²) < 4.78 is 40.2. The fraction of sp³-hybridized carbons (Fsp3) is 0.333.